The minimum Gasteiger partial charge on any atom is -0.494 e. The molecule has 23 heavy (non-hydrogen) atoms. The third-order valence-electron chi connectivity index (χ3n) is 4.08. The van der Waals surface area contributed by atoms with E-state index >= 15 is 0 Å². The van der Waals surface area contributed by atoms with Crippen molar-refractivity contribution in [3.8, 4) is 5.75 Å². The SMILES string of the molecule is O=C(CO)NCCCOc1cccc(C[N+]2(O)CCCCC2)c1. The number of amides is 1. The number of hydrogen-bond acceptors (Lipinski definition) is 4. The zero-order valence-corrected chi connectivity index (χ0v) is 13.5. The molecule has 1 fully saturated rings. The molecule has 1 aromatic rings. The smallest absolute Gasteiger partial charge is 0.245 e. The highest BCUT2D eigenvalue weighted by Crippen LogP contribution is 2.22. The molecule has 6 heteroatoms. The fourth-order valence-electron chi connectivity index (χ4n) is 2.88. The minimum absolute atomic E-state index is 0.122. The van der Waals surface area contributed by atoms with Crippen LogP contribution < -0.4 is 10.1 Å². The molecule has 0 aromatic heterocycles. The van der Waals surface area contributed by atoms with Crippen molar-refractivity contribution in [2.45, 2.75) is 32.2 Å². The third-order valence-corrected chi connectivity index (χ3v) is 4.08. The average Bonchev–Trinajstić information content (AvgIpc) is 2.55. The number of likely N-dealkylation sites (tertiary alicyclic amines) is 1. The number of quaternary nitrogens is 1. The lowest BCUT2D eigenvalue weighted by atomic mass is 10.1. The molecule has 2 rings (SSSR count). The fraction of sp³-hybridized carbons (Fsp3) is 0.588. The summed E-state index contributed by atoms with van der Waals surface area (Å²) in [4.78, 5) is 10.9. The van der Waals surface area contributed by atoms with Crippen molar-refractivity contribution < 1.29 is 24.5 Å². The first-order valence-corrected chi connectivity index (χ1v) is 8.29. The van der Waals surface area contributed by atoms with Crippen LogP contribution in [0.25, 0.3) is 0 Å². The lowest BCUT2D eigenvalue weighted by Crippen LogP contribution is -2.47. The molecule has 0 aliphatic carbocycles. The number of hydrogen-bond donors (Lipinski definition) is 3. The number of hydroxylamine groups is 3. The standard InChI is InChI=1S/C17H26N2O4/c20-14-17(21)18-8-5-11-23-16-7-4-6-15(12-16)13-19(22)9-2-1-3-10-19/h4,6-7,12,20,22H,1-3,5,8-11,13-14H2/p+1. The van der Waals surface area contributed by atoms with E-state index in [4.69, 9.17) is 9.84 Å². The highest BCUT2D eigenvalue weighted by molar-refractivity contribution is 5.76. The van der Waals surface area contributed by atoms with Crippen molar-refractivity contribution in [3.05, 3.63) is 29.8 Å². The van der Waals surface area contributed by atoms with Crippen LogP contribution in [-0.4, -0.2) is 53.7 Å². The second-order valence-electron chi connectivity index (χ2n) is 6.12. The number of rotatable bonds is 8. The van der Waals surface area contributed by atoms with Gasteiger partial charge in [-0.25, -0.2) is 5.21 Å². The Hall–Kier alpha value is -1.63. The first-order valence-electron chi connectivity index (χ1n) is 8.29. The van der Waals surface area contributed by atoms with E-state index in [2.05, 4.69) is 5.32 Å². The number of carbonyl (C=O) groups excluding carboxylic acids is 1. The van der Waals surface area contributed by atoms with Gasteiger partial charge in [-0.2, -0.15) is 4.65 Å². The third kappa shape index (κ3) is 6.17. The molecule has 0 saturated carbocycles. The van der Waals surface area contributed by atoms with E-state index in [1.165, 1.54) is 6.42 Å². The summed E-state index contributed by atoms with van der Waals surface area (Å²) in [5, 5.41) is 21.7. The Balaban J connectivity index is 1.77. The minimum atomic E-state index is -0.482. The molecule has 6 nitrogen and oxygen atoms in total. The van der Waals surface area contributed by atoms with E-state index in [0.717, 1.165) is 37.2 Å². The van der Waals surface area contributed by atoms with Gasteiger partial charge < -0.3 is 15.2 Å². The molecule has 0 unspecified atom stereocenters. The number of aliphatic hydroxyl groups is 1. The van der Waals surface area contributed by atoms with Gasteiger partial charge in [0.05, 0.1) is 6.61 Å². The number of nitrogens with one attached hydrogen (secondary N) is 1. The van der Waals surface area contributed by atoms with Crippen LogP contribution in [0.5, 0.6) is 5.75 Å². The van der Waals surface area contributed by atoms with Crippen molar-refractivity contribution in [2.75, 3.05) is 32.8 Å². The zero-order valence-electron chi connectivity index (χ0n) is 13.5. The topological polar surface area (TPSA) is 78.8 Å². The summed E-state index contributed by atoms with van der Waals surface area (Å²) in [5.41, 5.74) is 1.07. The first kappa shape index (κ1) is 17.7. The van der Waals surface area contributed by atoms with Crippen LogP contribution in [0.1, 0.15) is 31.2 Å². The monoisotopic (exact) mass is 323 g/mol. The molecule has 0 atom stereocenters. The number of ether oxygens (including phenoxy) is 1. The maximum atomic E-state index is 10.9. The quantitative estimate of drug-likeness (QED) is 0.500. The summed E-state index contributed by atoms with van der Waals surface area (Å²) < 4.78 is 5.80. The molecule has 1 aliphatic rings. The Morgan fingerprint density at radius 2 is 2.04 bits per heavy atom. The molecule has 0 spiro atoms. The summed E-state index contributed by atoms with van der Waals surface area (Å²) in [5.74, 6) is 0.407. The number of benzene rings is 1. The Labute approximate surface area is 137 Å². The van der Waals surface area contributed by atoms with Crippen molar-refractivity contribution in [1.82, 2.24) is 5.32 Å². The molecule has 3 N–H and O–H groups in total. The van der Waals surface area contributed by atoms with Gasteiger partial charge in [0.2, 0.25) is 5.91 Å². The highest BCUT2D eigenvalue weighted by Gasteiger charge is 2.28. The van der Waals surface area contributed by atoms with Gasteiger partial charge in [0.1, 0.15) is 32.0 Å². The molecule has 1 heterocycles. The van der Waals surface area contributed by atoms with Crippen LogP contribution in [0.4, 0.5) is 0 Å². The summed E-state index contributed by atoms with van der Waals surface area (Å²) in [7, 11) is 0. The Morgan fingerprint density at radius 1 is 1.26 bits per heavy atom. The Morgan fingerprint density at radius 3 is 2.78 bits per heavy atom. The molecule has 1 saturated heterocycles. The molecule has 1 aliphatic heterocycles. The largest absolute Gasteiger partial charge is 0.494 e. The molecule has 1 amide bonds. The van der Waals surface area contributed by atoms with E-state index < -0.39 is 6.61 Å². The van der Waals surface area contributed by atoms with Crippen LogP contribution in [-0.2, 0) is 11.3 Å². The molecule has 128 valence electrons. The van der Waals surface area contributed by atoms with Crippen LogP contribution >= 0.6 is 0 Å². The second-order valence-corrected chi connectivity index (χ2v) is 6.12. The summed E-state index contributed by atoms with van der Waals surface area (Å²) >= 11 is 0. The maximum absolute atomic E-state index is 10.9. The van der Waals surface area contributed by atoms with E-state index in [-0.39, 0.29) is 10.6 Å². The Bertz CT molecular complexity index is 501. The molecule has 0 bridgehead atoms. The van der Waals surface area contributed by atoms with E-state index in [9.17, 15) is 10.0 Å². The molecule has 0 radical (unpaired) electrons. The predicted molar refractivity (Wildman–Crippen MR) is 86.0 cm³/mol. The van der Waals surface area contributed by atoms with E-state index in [1.807, 2.05) is 24.3 Å². The van der Waals surface area contributed by atoms with Crippen molar-refractivity contribution in [2.24, 2.45) is 0 Å². The van der Waals surface area contributed by atoms with Crippen molar-refractivity contribution >= 4 is 5.91 Å². The summed E-state index contributed by atoms with van der Waals surface area (Å²) in [6.45, 7) is 2.74. The first-order chi connectivity index (χ1) is 11.1. The summed E-state index contributed by atoms with van der Waals surface area (Å²) in [6.07, 6.45) is 4.03. The van der Waals surface area contributed by atoms with Gasteiger partial charge >= 0.3 is 0 Å². The van der Waals surface area contributed by atoms with Gasteiger partial charge in [0, 0.05) is 12.1 Å². The molecular formula is C17H27N2O4+. The number of aliphatic hydroxyl groups excluding tert-OH is 1. The van der Waals surface area contributed by atoms with Gasteiger partial charge in [0.15, 0.2) is 0 Å². The van der Waals surface area contributed by atoms with Gasteiger partial charge in [0.25, 0.3) is 0 Å². The average molecular weight is 323 g/mol. The van der Waals surface area contributed by atoms with Crippen molar-refractivity contribution in [3.63, 3.8) is 0 Å². The highest BCUT2D eigenvalue weighted by atomic mass is 16.5. The normalized spacial score (nSPS) is 16.8. The van der Waals surface area contributed by atoms with Gasteiger partial charge in [-0.1, -0.05) is 12.1 Å². The maximum Gasteiger partial charge on any atom is 0.245 e. The molecule has 1 aromatic carbocycles. The van der Waals surface area contributed by atoms with Gasteiger partial charge in [-0.3, -0.25) is 4.79 Å². The lowest BCUT2D eigenvalue weighted by Gasteiger charge is -2.33. The Kier molecular flexibility index (Phi) is 6.83. The zero-order chi connectivity index (χ0) is 16.5. The van der Waals surface area contributed by atoms with Crippen molar-refractivity contribution in [1.29, 1.82) is 0 Å². The summed E-state index contributed by atoms with van der Waals surface area (Å²) in [6, 6.07) is 7.82. The lowest BCUT2D eigenvalue weighted by molar-refractivity contribution is -1.12. The van der Waals surface area contributed by atoms with Crippen LogP contribution in [0.2, 0.25) is 0 Å². The predicted octanol–water partition coefficient (Wildman–Crippen LogP) is 1.45. The second kappa shape index (κ2) is 8.86. The van der Waals surface area contributed by atoms with Crippen LogP contribution in [0.3, 0.4) is 0 Å². The number of carbonyl (C=O) groups is 1. The van der Waals surface area contributed by atoms with Gasteiger partial charge in [-0.05, 0) is 37.8 Å². The van der Waals surface area contributed by atoms with E-state index in [0.29, 0.717) is 26.1 Å². The fourth-order valence-corrected chi connectivity index (χ4v) is 2.88. The van der Waals surface area contributed by atoms with Gasteiger partial charge in [-0.15, -0.1) is 0 Å². The molecular weight excluding hydrogens is 296 g/mol. The van der Waals surface area contributed by atoms with Crippen LogP contribution in [0, 0.1) is 0 Å². The van der Waals surface area contributed by atoms with Crippen LogP contribution in [0.15, 0.2) is 24.3 Å². The number of piperidine rings is 1. The van der Waals surface area contributed by atoms with E-state index in [1.54, 1.807) is 0 Å². The number of nitrogens with zero attached hydrogens (tertiary/aromatic N) is 1.